The van der Waals surface area contributed by atoms with E-state index >= 15 is 0 Å². The first-order chi connectivity index (χ1) is 17.5. The van der Waals surface area contributed by atoms with Gasteiger partial charge in [-0.05, 0) is 67.8 Å². The molecule has 0 N–H and O–H groups in total. The molecule has 0 aliphatic carbocycles. The summed E-state index contributed by atoms with van der Waals surface area (Å²) in [5.74, 6) is 0.450. The lowest BCUT2D eigenvalue weighted by Gasteiger charge is -2.31. The molecule has 0 aliphatic rings. The van der Waals surface area contributed by atoms with Gasteiger partial charge in [0.1, 0.15) is 5.82 Å². The second-order valence-corrected chi connectivity index (χ2v) is 9.43. The summed E-state index contributed by atoms with van der Waals surface area (Å²) in [6, 6.07) is 21.8. The van der Waals surface area contributed by atoms with Crippen molar-refractivity contribution < 1.29 is 4.79 Å². The minimum absolute atomic E-state index is 0.104. The number of hydrogen-bond donors (Lipinski definition) is 0. The highest BCUT2D eigenvalue weighted by Crippen LogP contribution is 2.27. The summed E-state index contributed by atoms with van der Waals surface area (Å²) in [6.07, 6.45) is 3.69. The van der Waals surface area contributed by atoms with Crippen LogP contribution in [0.1, 0.15) is 67.8 Å². The Morgan fingerprint density at radius 3 is 2.39 bits per heavy atom. The average Bonchev–Trinajstić information content (AvgIpc) is 2.91. The molecule has 5 nitrogen and oxygen atoms in total. The van der Waals surface area contributed by atoms with E-state index < -0.39 is 6.04 Å². The Morgan fingerprint density at radius 2 is 1.67 bits per heavy atom. The van der Waals surface area contributed by atoms with Crippen LogP contribution in [0.5, 0.6) is 0 Å². The molecule has 0 bridgehead atoms. The maximum atomic E-state index is 13.9. The number of hydrogen-bond acceptors (Lipinski definition) is 3. The van der Waals surface area contributed by atoms with E-state index in [0.29, 0.717) is 33.9 Å². The Labute approximate surface area is 217 Å². The van der Waals surface area contributed by atoms with Crippen LogP contribution in [-0.4, -0.2) is 26.9 Å². The lowest BCUT2D eigenvalue weighted by Crippen LogP contribution is -2.38. The quantitative estimate of drug-likeness (QED) is 0.232. The first-order valence-electron chi connectivity index (χ1n) is 12.6. The van der Waals surface area contributed by atoms with E-state index in [1.165, 1.54) is 0 Å². The van der Waals surface area contributed by atoms with Crippen LogP contribution in [0.2, 0.25) is 5.02 Å². The number of fused-ring (bicyclic) bond motifs is 1. The third-order valence-corrected chi connectivity index (χ3v) is 6.86. The highest BCUT2D eigenvalue weighted by atomic mass is 35.5. The van der Waals surface area contributed by atoms with Gasteiger partial charge in [-0.1, -0.05) is 68.6 Å². The summed E-state index contributed by atoms with van der Waals surface area (Å²) in [4.78, 5) is 34.4. The molecular formula is C30H32ClN3O2. The third kappa shape index (κ3) is 5.21. The Balaban J connectivity index is 1.90. The number of unbranched alkanes of at least 4 members (excludes halogenated alkanes) is 2. The van der Waals surface area contributed by atoms with E-state index in [-0.39, 0.29) is 11.5 Å². The Hall–Kier alpha value is -3.44. The van der Waals surface area contributed by atoms with Crippen LogP contribution in [0.15, 0.2) is 77.6 Å². The van der Waals surface area contributed by atoms with Crippen LogP contribution >= 0.6 is 11.6 Å². The summed E-state index contributed by atoms with van der Waals surface area (Å²) < 4.78 is 1.70. The van der Waals surface area contributed by atoms with Gasteiger partial charge in [0, 0.05) is 17.1 Å². The number of para-hydroxylation sites is 2. The molecule has 1 heterocycles. The fourth-order valence-electron chi connectivity index (χ4n) is 4.59. The molecule has 0 spiro atoms. The van der Waals surface area contributed by atoms with Crippen LogP contribution in [0.3, 0.4) is 0 Å². The minimum atomic E-state index is -0.438. The van der Waals surface area contributed by atoms with Crippen LogP contribution in [0, 0.1) is 0 Å². The van der Waals surface area contributed by atoms with Crippen molar-refractivity contribution in [1.29, 1.82) is 0 Å². The van der Waals surface area contributed by atoms with E-state index in [0.717, 1.165) is 36.9 Å². The van der Waals surface area contributed by atoms with Crippen molar-refractivity contribution in [3.05, 3.63) is 105 Å². The van der Waals surface area contributed by atoms with E-state index in [9.17, 15) is 9.59 Å². The maximum absolute atomic E-state index is 13.9. The van der Waals surface area contributed by atoms with Crippen LogP contribution in [-0.2, 0) is 6.42 Å². The summed E-state index contributed by atoms with van der Waals surface area (Å²) >= 11 is 6.07. The number of rotatable bonds is 9. The predicted molar refractivity (Wildman–Crippen MR) is 147 cm³/mol. The zero-order chi connectivity index (χ0) is 25.7. The van der Waals surface area contributed by atoms with Gasteiger partial charge in [-0.2, -0.15) is 0 Å². The molecule has 3 aromatic carbocycles. The molecule has 1 amide bonds. The number of aromatic nitrogens is 2. The summed E-state index contributed by atoms with van der Waals surface area (Å²) in [5.41, 5.74) is 2.91. The molecule has 36 heavy (non-hydrogen) atoms. The number of halogens is 1. The van der Waals surface area contributed by atoms with Crippen molar-refractivity contribution in [2.45, 2.75) is 52.5 Å². The number of benzene rings is 3. The van der Waals surface area contributed by atoms with Gasteiger partial charge in [0.05, 0.1) is 22.6 Å². The lowest BCUT2D eigenvalue weighted by molar-refractivity contribution is 0.0677. The van der Waals surface area contributed by atoms with E-state index in [2.05, 4.69) is 13.8 Å². The SMILES string of the molecule is CCCCCN(C(=O)c1ccc(Cl)cc1)C(C)c1nc2ccccc2c(=O)n1-c1ccccc1CC. The van der Waals surface area contributed by atoms with Gasteiger partial charge >= 0.3 is 0 Å². The monoisotopic (exact) mass is 501 g/mol. The Bertz CT molecular complexity index is 1410. The van der Waals surface area contributed by atoms with Crippen LogP contribution in [0.25, 0.3) is 16.6 Å². The fraction of sp³-hybridized carbons (Fsp3) is 0.300. The molecule has 0 saturated carbocycles. The van der Waals surface area contributed by atoms with Gasteiger partial charge in [-0.25, -0.2) is 4.98 Å². The van der Waals surface area contributed by atoms with Crippen molar-refractivity contribution in [3.63, 3.8) is 0 Å². The average molecular weight is 502 g/mol. The molecule has 1 unspecified atom stereocenters. The van der Waals surface area contributed by atoms with Crippen molar-refractivity contribution in [3.8, 4) is 5.69 Å². The molecule has 6 heteroatoms. The number of aryl methyl sites for hydroxylation is 1. The predicted octanol–water partition coefficient (Wildman–Crippen LogP) is 7.00. The van der Waals surface area contributed by atoms with E-state index in [1.54, 1.807) is 28.8 Å². The zero-order valence-electron chi connectivity index (χ0n) is 21.1. The summed E-state index contributed by atoms with van der Waals surface area (Å²) in [7, 11) is 0. The highest BCUT2D eigenvalue weighted by Gasteiger charge is 2.28. The molecule has 186 valence electrons. The standard InChI is InChI=1S/C30H32ClN3O2/c1-4-6-11-20-33(29(35)23-16-18-24(31)19-17-23)21(3)28-32-26-14-9-8-13-25(26)30(36)34(28)27-15-10-7-12-22(27)5-2/h7-10,12-19,21H,4-6,11,20H2,1-3H3. The zero-order valence-corrected chi connectivity index (χ0v) is 21.8. The van der Waals surface area contributed by atoms with Crippen molar-refractivity contribution >= 4 is 28.4 Å². The molecule has 1 atom stereocenters. The van der Waals surface area contributed by atoms with Gasteiger partial charge in [0.15, 0.2) is 0 Å². The second-order valence-electron chi connectivity index (χ2n) is 9.00. The van der Waals surface area contributed by atoms with Crippen LogP contribution < -0.4 is 5.56 Å². The van der Waals surface area contributed by atoms with Crippen molar-refractivity contribution in [2.24, 2.45) is 0 Å². The van der Waals surface area contributed by atoms with Gasteiger partial charge in [-0.3, -0.25) is 14.2 Å². The van der Waals surface area contributed by atoms with E-state index in [1.807, 2.05) is 60.4 Å². The highest BCUT2D eigenvalue weighted by molar-refractivity contribution is 6.30. The molecule has 0 aliphatic heterocycles. The second kappa shape index (κ2) is 11.5. The third-order valence-electron chi connectivity index (χ3n) is 6.61. The maximum Gasteiger partial charge on any atom is 0.266 e. The molecule has 4 aromatic rings. The summed E-state index contributed by atoms with van der Waals surface area (Å²) in [5, 5.41) is 1.14. The Morgan fingerprint density at radius 1 is 0.972 bits per heavy atom. The van der Waals surface area contributed by atoms with Crippen molar-refractivity contribution in [2.75, 3.05) is 6.54 Å². The molecule has 1 aromatic heterocycles. The van der Waals surface area contributed by atoms with Gasteiger partial charge in [0.2, 0.25) is 0 Å². The number of amides is 1. The first kappa shape index (κ1) is 25.6. The first-order valence-corrected chi connectivity index (χ1v) is 13.0. The van der Waals surface area contributed by atoms with Crippen molar-refractivity contribution in [1.82, 2.24) is 14.5 Å². The topological polar surface area (TPSA) is 55.2 Å². The van der Waals surface area contributed by atoms with Gasteiger partial charge in [-0.15, -0.1) is 0 Å². The minimum Gasteiger partial charge on any atom is -0.329 e. The smallest absolute Gasteiger partial charge is 0.266 e. The van der Waals surface area contributed by atoms with Gasteiger partial charge < -0.3 is 4.90 Å². The molecule has 0 radical (unpaired) electrons. The van der Waals surface area contributed by atoms with Gasteiger partial charge in [0.25, 0.3) is 11.5 Å². The summed E-state index contributed by atoms with van der Waals surface area (Å²) in [6.45, 7) is 6.73. The number of nitrogens with zero attached hydrogens (tertiary/aromatic N) is 3. The molecule has 0 saturated heterocycles. The molecule has 4 rings (SSSR count). The number of carbonyl (C=O) groups excluding carboxylic acids is 1. The lowest BCUT2D eigenvalue weighted by atomic mass is 10.1. The largest absolute Gasteiger partial charge is 0.329 e. The normalized spacial score (nSPS) is 12.0. The van der Waals surface area contributed by atoms with E-state index in [4.69, 9.17) is 16.6 Å². The van der Waals surface area contributed by atoms with Crippen LogP contribution in [0.4, 0.5) is 0 Å². The fourth-order valence-corrected chi connectivity index (χ4v) is 4.72. The number of carbonyl (C=O) groups is 1. The molecule has 0 fully saturated rings. The Kier molecular flexibility index (Phi) is 8.21. The molecular weight excluding hydrogens is 470 g/mol.